The first-order valence-corrected chi connectivity index (χ1v) is 50.9. The predicted octanol–water partition coefficient (Wildman–Crippen LogP) is 16.7. The highest BCUT2D eigenvalue weighted by Gasteiger charge is 2.74. The second-order valence-corrected chi connectivity index (χ2v) is 41.3. The van der Waals surface area contributed by atoms with E-state index in [0.29, 0.717) is 118 Å². The summed E-state index contributed by atoms with van der Waals surface area (Å²) in [4.78, 5) is 90.8. The van der Waals surface area contributed by atoms with Crippen LogP contribution < -0.4 is 38.8 Å². The zero-order valence-corrected chi connectivity index (χ0v) is 85.3. The van der Waals surface area contributed by atoms with E-state index in [-0.39, 0.29) is 125 Å². The summed E-state index contributed by atoms with van der Waals surface area (Å²) in [6, 6.07) is 26.5. The number of hydrogen-bond donors (Lipinski definition) is 3. The van der Waals surface area contributed by atoms with Crippen LogP contribution in [0.3, 0.4) is 0 Å². The lowest BCUT2D eigenvalue weighted by atomic mass is 9.68. The van der Waals surface area contributed by atoms with Crippen molar-refractivity contribution in [2.24, 2.45) is 17.8 Å². The number of imidazole rings is 2. The Morgan fingerprint density at radius 2 is 1.12 bits per heavy atom. The molecule has 16 atom stereocenters. The Kier molecular flexibility index (Phi) is 33.6. The highest BCUT2D eigenvalue weighted by atomic mass is 16.6. The molecular formula is C110H146N12O19. The van der Waals surface area contributed by atoms with Gasteiger partial charge in [0, 0.05) is 88.6 Å². The molecule has 6 unspecified atom stereocenters. The normalized spacial score (nSPS) is 27.5. The average molecular weight is 1940 g/mol. The van der Waals surface area contributed by atoms with Gasteiger partial charge in [0.05, 0.1) is 106 Å². The maximum Gasteiger partial charge on any atom is 0.331 e. The summed E-state index contributed by atoms with van der Waals surface area (Å²) in [6.07, 6.45) is 31.3. The van der Waals surface area contributed by atoms with Crippen LogP contribution in [-0.4, -0.2) is 263 Å². The van der Waals surface area contributed by atoms with Gasteiger partial charge in [-0.1, -0.05) is 65.8 Å². The Labute approximate surface area is 829 Å². The van der Waals surface area contributed by atoms with Gasteiger partial charge in [-0.3, -0.25) is 14.5 Å². The molecule has 31 heteroatoms. The summed E-state index contributed by atoms with van der Waals surface area (Å²) < 4.78 is 89.3. The highest BCUT2D eigenvalue weighted by Crippen LogP contribution is 2.62. The fourth-order valence-corrected chi connectivity index (χ4v) is 22.1. The third-order valence-corrected chi connectivity index (χ3v) is 29.3. The number of amides is 1. The van der Waals surface area contributed by atoms with Crippen LogP contribution in [0.1, 0.15) is 219 Å². The Morgan fingerprint density at radius 3 is 1.64 bits per heavy atom. The number of Topliss-reactive ketones (excluding diaryl/α,β-unsaturated/α-hetero) is 1. The minimum absolute atomic E-state index is 0.00106. The second kappa shape index (κ2) is 45.9. The number of anilines is 2. The Bertz CT molecular complexity index is 5720. The molecule has 4 aliphatic carbocycles. The minimum Gasteiger partial charge on any atom is -0.493 e. The summed E-state index contributed by atoms with van der Waals surface area (Å²) in [5, 5.41) is 2.86. The van der Waals surface area contributed by atoms with Gasteiger partial charge in [0.1, 0.15) is 101 Å². The number of esters is 2. The van der Waals surface area contributed by atoms with Crippen LogP contribution in [0.25, 0.3) is 34.5 Å². The number of carbonyl (C=O) groups excluding carboxylic acids is 4. The Balaban J connectivity index is 0.000000135. The van der Waals surface area contributed by atoms with Crippen LogP contribution in [0.4, 0.5) is 11.6 Å². The molecule has 7 aliphatic heterocycles. The van der Waals surface area contributed by atoms with Crippen molar-refractivity contribution in [3.63, 3.8) is 0 Å². The van der Waals surface area contributed by atoms with Crippen molar-refractivity contribution in [3.05, 3.63) is 173 Å². The van der Waals surface area contributed by atoms with Crippen molar-refractivity contribution >= 4 is 69.7 Å². The van der Waals surface area contributed by atoms with Gasteiger partial charge >= 0.3 is 11.9 Å². The molecule has 2 saturated carbocycles. The van der Waals surface area contributed by atoms with Crippen LogP contribution in [0.2, 0.25) is 0 Å². The highest BCUT2D eigenvalue weighted by molar-refractivity contribution is 6.02. The molecule has 0 radical (unpaired) electrons. The van der Waals surface area contributed by atoms with E-state index in [9.17, 15) is 19.2 Å². The van der Waals surface area contributed by atoms with Gasteiger partial charge in [-0.05, 0) is 264 Å². The van der Waals surface area contributed by atoms with E-state index >= 15 is 0 Å². The van der Waals surface area contributed by atoms with Crippen molar-refractivity contribution in [1.82, 2.24) is 50.1 Å². The molecular weight excluding hydrogens is 1790 g/mol. The van der Waals surface area contributed by atoms with E-state index in [2.05, 4.69) is 146 Å². The smallest absolute Gasteiger partial charge is 0.331 e. The van der Waals surface area contributed by atoms with E-state index < -0.39 is 5.97 Å². The van der Waals surface area contributed by atoms with Crippen molar-refractivity contribution in [2.75, 3.05) is 96.9 Å². The Morgan fingerprint density at radius 1 is 0.582 bits per heavy atom. The number of benzene rings is 4. The molecule has 7 saturated heterocycles. The van der Waals surface area contributed by atoms with Gasteiger partial charge in [0.25, 0.3) is 0 Å². The number of nitrogens with zero attached hydrogens (tertiary/aromatic N) is 9. The first kappa shape index (κ1) is 103. The number of H-pyrrole nitrogens is 2. The summed E-state index contributed by atoms with van der Waals surface area (Å²) >= 11 is 0. The third-order valence-electron chi connectivity index (χ3n) is 29.3. The predicted molar refractivity (Wildman–Crippen MR) is 538 cm³/mol. The molecule has 0 bridgehead atoms. The van der Waals surface area contributed by atoms with E-state index in [1.807, 2.05) is 102 Å². The van der Waals surface area contributed by atoms with E-state index in [1.54, 1.807) is 58.8 Å². The van der Waals surface area contributed by atoms with Crippen molar-refractivity contribution < 1.29 is 90.2 Å². The number of aryl methyl sites for hydroxylation is 1. The van der Waals surface area contributed by atoms with Gasteiger partial charge in [0.2, 0.25) is 5.91 Å². The monoisotopic (exact) mass is 1940 g/mol. The van der Waals surface area contributed by atoms with E-state index in [0.717, 1.165) is 147 Å². The molecule has 4 aromatic heterocycles. The zero-order chi connectivity index (χ0) is 99.4. The van der Waals surface area contributed by atoms with Crippen molar-refractivity contribution in [1.29, 1.82) is 0 Å². The number of aromatic amines is 2. The molecule has 11 heterocycles. The number of carbonyl (C=O) groups is 4. The van der Waals surface area contributed by atoms with Gasteiger partial charge < -0.3 is 96.1 Å². The molecule has 2 spiro atoms. The minimum atomic E-state index is -0.405. The fourth-order valence-electron chi connectivity index (χ4n) is 22.1. The number of rotatable bonds is 36. The maximum atomic E-state index is 13.2. The number of ether oxygens (including phenoxy) is 15. The quantitative estimate of drug-likeness (QED) is 0.0108. The van der Waals surface area contributed by atoms with Crippen molar-refractivity contribution in [3.8, 4) is 28.7 Å². The number of likely N-dealkylation sites (tertiary alicyclic amines) is 1. The van der Waals surface area contributed by atoms with Crippen LogP contribution in [0, 0.1) is 17.8 Å². The molecule has 9 fully saturated rings. The first-order valence-electron chi connectivity index (χ1n) is 50.9. The first-order chi connectivity index (χ1) is 67.9. The summed E-state index contributed by atoms with van der Waals surface area (Å²) in [5.41, 5.74) is 10.7. The number of epoxide rings is 4. The van der Waals surface area contributed by atoms with Crippen molar-refractivity contribution in [2.45, 2.75) is 307 Å². The Hall–Kier alpha value is -10.7. The number of aromatic nitrogens is 8. The average Bonchev–Trinajstić information content (AvgIpc) is 1.53. The standard InChI is InChI=1S/C29H40O7.C28H38O6.C27H34N6O4.C26H34N6O2/c1-18(2)8-12-24-28(5,36-24)27-26(32-7)22(14-15-29(27)17-33-29)35-25(30)13-10-20-9-11-21(34-19(3)4)23(16-20)31-6;1-18(2)7-13-23-27(5,34-23)26-25(30-6)22(15-16-28(26)17-31-28)33-24(29)14-10-20-8-11-21(12-9-20)32-19(3)4;1-17(2)36-12-10-28-23(34)13-18-8-9-20-21(25(18)35)6-3-7-22(20)37-14-19-5-4-11-33(19)27-24-26(30-15-29-24)31-16-32-27;1-17(2)34-21-12-31(13-21)19-9-8-18-5-3-7-23(22(18)11-19)33-14-20-6-4-10-32(20)26-24-25(28-15-27-24)29-16-30-26/h8-11,13,16,19,22,24,26-27H,12,14-15,17H2,1-7H3;7-12,14,19,22-23,25-26H,13,15-17H2,1-6H3;3,6-7,15-19H,4-5,8-14H2,1-2H3,(H,28,34)(H,29,30,31,32);3,5,7,15-17,19-21H,4,6,8-14H2,1-2H3,(H,27,28,29,30)/b13-10+;14-10+;;/t22-,24?,26-,27?,28-,29+;22-,23?,25-,26?,27-,28+;18?,19-;19?,20-/m1111/s1. The molecule has 3 N–H and O–H groups in total. The second-order valence-electron chi connectivity index (χ2n) is 41.3. The summed E-state index contributed by atoms with van der Waals surface area (Å²) in [5.74, 6) is 4.50. The molecule has 31 nitrogen and oxygen atoms in total. The van der Waals surface area contributed by atoms with Crippen LogP contribution in [0.15, 0.2) is 140 Å². The van der Waals surface area contributed by atoms with Gasteiger partial charge in [0.15, 0.2) is 40.2 Å². The lowest BCUT2D eigenvalue weighted by Gasteiger charge is -2.46. The van der Waals surface area contributed by atoms with Gasteiger partial charge in [-0.15, -0.1) is 0 Å². The lowest BCUT2D eigenvalue weighted by Crippen LogP contribution is -2.58. The molecule has 11 aliphatic rings. The molecule has 8 aromatic rings. The number of hydrogen-bond acceptors (Lipinski definition) is 28. The molecule has 1 amide bonds. The number of allylic oxidation sites excluding steroid dienone is 2. The van der Waals surface area contributed by atoms with E-state index in [1.165, 1.54) is 40.8 Å². The SMILES string of the molecule is CC(C)OC1CN(C2CCc3cccc(OC[C@H]4CCCN4c4ncnc5nc[nH]c45)c3C2)C1.CC(C)OCCNC(=O)CC1CCc2c(OC[C@H]3CCCN3c3ncnc4nc[nH]c34)cccc2C1=O.CO[C@H]1C([C@]2(C)OC2CC=C(C)C)[C@]2(CC[C@H]1OC(=O)/C=C/c1ccc(OC(C)C)cc1)CO2.COc1cc(/C=C/C(=O)O[C@@H]2CC[C@]3(CO3)C([C@]3(C)OC3CC=C(C)C)[C@@H]2OC)ccc1OC(C)C. The number of ketones is 1. The molecule has 19 rings (SSSR count). The number of methoxy groups -OCH3 is 3. The van der Waals surface area contributed by atoms with Crippen LogP contribution >= 0.6 is 0 Å². The van der Waals surface area contributed by atoms with Gasteiger partial charge in [-0.25, -0.2) is 39.5 Å². The zero-order valence-electron chi connectivity index (χ0n) is 85.3. The molecule has 4 aromatic carbocycles. The lowest BCUT2D eigenvalue weighted by molar-refractivity contribution is -0.167. The maximum absolute atomic E-state index is 13.2. The van der Waals surface area contributed by atoms with Crippen LogP contribution in [-0.2, 0) is 81.0 Å². The topological polar surface area (TPSA) is 351 Å². The third kappa shape index (κ3) is 25.0. The molecule has 760 valence electrons. The van der Waals surface area contributed by atoms with Gasteiger partial charge in [-0.2, -0.15) is 0 Å². The van der Waals surface area contributed by atoms with Crippen LogP contribution in [0.5, 0.6) is 28.7 Å². The fraction of sp³-hybridized carbons (Fsp3) is 0.582. The number of fused-ring (bicyclic) bond motifs is 4. The largest absolute Gasteiger partial charge is 0.493 e. The number of nitrogens with one attached hydrogen (secondary N) is 3. The summed E-state index contributed by atoms with van der Waals surface area (Å²) in [7, 11) is 4.96. The molecule has 141 heavy (non-hydrogen) atoms. The van der Waals surface area contributed by atoms with E-state index in [4.69, 9.17) is 71.1 Å². The summed E-state index contributed by atoms with van der Waals surface area (Å²) in [6.45, 7) is 36.2.